The van der Waals surface area contributed by atoms with Gasteiger partial charge in [-0.2, -0.15) is 13.2 Å². The number of aromatic nitrogens is 2. The summed E-state index contributed by atoms with van der Waals surface area (Å²) in [7, 11) is 0. The second-order valence-corrected chi connectivity index (χ2v) is 6.88. The van der Waals surface area contributed by atoms with Crippen LogP contribution in [-0.4, -0.2) is 28.2 Å². The fourth-order valence-corrected chi connectivity index (χ4v) is 3.09. The van der Waals surface area contributed by atoms with Crippen LogP contribution in [-0.2, 0) is 12.7 Å². The predicted molar refractivity (Wildman–Crippen MR) is 87.1 cm³/mol. The molecule has 7 heteroatoms. The Morgan fingerprint density at radius 2 is 1.92 bits per heavy atom. The molecular formula is C18H22F3N3O. The molecule has 1 aromatic heterocycles. The summed E-state index contributed by atoms with van der Waals surface area (Å²) in [5.74, 6) is 1.78. The summed E-state index contributed by atoms with van der Waals surface area (Å²) in [5, 5.41) is 8.22. The molecule has 0 unspecified atom stereocenters. The Morgan fingerprint density at radius 3 is 2.52 bits per heavy atom. The van der Waals surface area contributed by atoms with Gasteiger partial charge < -0.3 is 4.42 Å². The van der Waals surface area contributed by atoms with Crippen molar-refractivity contribution in [2.45, 2.75) is 51.2 Å². The highest BCUT2D eigenvalue weighted by atomic mass is 19.4. The number of piperidine rings is 1. The van der Waals surface area contributed by atoms with Gasteiger partial charge in [-0.3, -0.25) is 4.90 Å². The van der Waals surface area contributed by atoms with Crippen molar-refractivity contribution in [2.24, 2.45) is 0 Å². The van der Waals surface area contributed by atoms with Crippen molar-refractivity contribution in [2.75, 3.05) is 13.1 Å². The third-order valence-corrected chi connectivity index (χ3v) is 4.55. The normalized spacial score (nSPS) is 17.4. The van der Waals surface area contributed by atoms with Crippen molar-refractivity contribution >= 4 is 0 Å². The van der Waals surface area contributed by atoms with Crippen molar-refractivity contribution in [1.29, 1.82) is 0 Å². The first-order valence-corrected chi connectivity index (χ1v) is 8.54. The highest BCUT2D eigenvalue weighted by molar-refractivity contribution is 5.25. The molecule has 0 aliphatic carbocycles. The molecule has 25 heavy (non-hydrogen) atoms. The van der Waals surface area contributed by atoms with Crippen LogP contribution in [0.25, 0.3) is 0 Å². The van der Waals surface area contributed by atoms with E-state index < -0.39 is 11.7 Å². The van der Waals surface area contributed by atoms with Crippen molar-refractivity contribution in [1.82, 2.24) is 15.1 Å². The van der Waals surface area contributed by atoms with Gasteiger partial charge in [0.1, 0.15) is 0 Å². The van der Waals surface area contributed by atoms with Gasteiger partial charge in [-0.05, 0) is 37.6 Å². The van der Waals surface area contributed by atoms with Gasteiger partial charge in [-0.1, -0.05) is 32.0 Å². The van der Waals surface area contributed by atoms with Crippen LogP contribution in [0.5, 0.6) is 0 Å². The minimum absolute atomic E-state index is 0.210. The zero-order chi connectivity index (χ0) is 18.0. The summed E-state index contributed by atoms with van der Waals surface area (Å²) in [4.78, 5) is 2.17. The van der Waals surface area contributed by atoms with E-state index in [2.05, 4.69) is 15.1 Å². The highest BCUT2D eigenvalue weighted by Gasteiger charge is 2.31. The molecule has 2 aromatic rings. The van der Waals surface area contributed by atoms with Crippen LogP contribution in [0, 0.1) is 0 Å². The van der Waals surface area contributed by atoms with E-state index in [1.807, 2.05) is 13.8 Å². The Balaban J connectivity index is 1.57. The first-order chi connectivity index (χ1) is 11.8. The number of likely N-dealkylation sites (tertiary alicyclic amines) is 1. The Bertz CT molecular complexity index is 704. The van der Waals surface area contributed by atoms with Gasteiger partial charge in [-0.15, -0.1) is 10.2 Å². The second kappa shape index (κ2) is 7.15. The summed E-state index contributed by atoms with van der Waals surface area (Å²) in [5.41, 5.74) is 0.0973. The average Bonchev–Trinajstić information content (AvgIpc) is 3.05. The van der Waals surface area contributed by atoms with Crippen LogP contribution < -0.4 is 0 Å². The Labute approximate surface area is 145 Å². The number of hydrogen-bond acceptors (Lipinski definition) is 4. The quantitative estimate of drug-likeness (QED) is 0.806. The summed E-state index contributed by atoms with van der Waals surface area (Å²) in [6, 6.07) is 5.56. The lowest BCUT2D eigenvalue weighted by molar-refractivity contribution is -0.137. The molecular weight excluding hydrogens is 331 g/mol. The Hall–Kier alpha value is -1.89. The van der Waals surface area contributed by atoms with Crippen molar-refractivity contribution < 1.29 is 17.6 Å². The van der Waals surface area contributed by atoms with E-state index in [0.717, 1.165) is 32.0 Å². The van der Waals surface area contributed by atoms with Crippen LogP contribution in [0.2, 0.25) is 0 Å². The second-order valence-electron chi connectivity index (χ2n) is 6.88. The van der Waals surface area contributed by atoms with E-state index in [-0.39, 0.29) is 11.8 Å². The van der Waals surface area contributed by atoms with Crippen LogP contribution in [0.15, 0.2) is 28.7 Å². The topological polar surface area (TPSA) is 42.2 Å². The van der Waals surface area contributed by atoms with Crippen LogP contribution in [0.1, 0.15) is 61.4 Å². The minimum Gasteiger partial charge on any atom is -0.425 e. The maximum atomic E-state index is 12.8. The molecule has 1 aliphatic rings. The van der Waals surface area contributed by atoms with Crippen molar-refractivity contribution in [3.63, 3.8) is 0 Å². The van der Waals surface area contributed by atoms with Gasteiger partial charge in [0.2, 0.25) is 11.8 Å². The molecule has 0 atom stereocenters. The molecule has 1 aliphatic heterocycles. The van der Waals surface area contributed by atoms with E-state index in [4.69, 9.17) is 4.42 Å². The molecule has 3 rings (SSSR count). The molecule has 4 nitrogen and oxygen atoms in total. The van der Waals surface area contributed by atoms with E-state index in [1.54, 1.807) is 6.07 Å². The van der Waals surface area contributed by atoms with Gasteiger partial charge in [0.25, 0.3) is 0 Å². The average molecular weight is 353 g/mol. The lowest BCUT2D eigenvalue weighted by Gasteiger charge is -2.30. The molecule has 0 saturated carbocycles. The van der Waals surface area contributed by atoms with Gasteiger partial charge >= 0.3 is 6.18 Å². The van der Waals surface area contributed by atoms with E-state index in [1.165, 1.54) is 12.1 Å². The number of alkyl halides is 3. The zero-order valence-corrected chi connectivity index (χ0v) is 14.4. The SMILES string of the molecule is CC(C)c1nnc(C2CCN(Cc3cccc(C(F)(F)F)c3)CC2)o1. The predicted octanol–water partition coefficient (Wildman–Crippen LogP) is 4.59. The van der Waals surface area contributed by atoms with Gasteiger partial charge in [0.05, 0.1) is 5.56 Å². The standard InChI is InChI=1S/C18H22F3N3O/c1-12(2)16-22-23-17(25-16)14-6-8-24(9-7-14)11-13-4-3-5-15(10-13)18(19,20)21/h3-5,10,12,14H,6-9,11H2,1-2H3. The van der Waals surface area contributed by atoms with Gasteiger partial charge in [0, 0.05) is 18.4 Å². The molecule has 0 radical (unpaired) electrons. The summed E-state index contributed by atoms with van der Waals surface area (Å²) in [6.45, 7) is 6.16. The van der Waals surface area contributed by atoms with Crippen molar-refractivity contribution in [3.05, 3.63) is 47.2 Å². The largest absolute Gasteiger partial charge is 0.425 e. The smallest absolute Gasteiger partial charge is 0.416 e. The number of nitrogens with zero attached hydrogens (tertiary/aromatic N) is 3. The molecule has 136 valence electrons. The van der Waals surface area contributed by atoms with Crippen LogP contribution >= 0.6 is 0 Å². The molecule has 0 amide bonds. The monoisotopic (exact) mass is 353 g/mol. The minimum atomic E-state index is -4.30. The fraction of sp³-hybridized carbons (Fsp3) is 0.556. The van der Waals surface area contributed by atoms with Crippen molar-refractivity contribution in [3.8, 4) is 0 Å². The Morgan fingerprint density at radius 1 is 1.20 bits per heavy atom. The highest BCUT2D eigenvalue weighted by Crippen LogP contribution is 2.31. The number of hydrogen-bond donors (Lipinski definition) is 0. The van der Waals surface area contributed by atoms with E-state index in [0.29, 0.717) is 23.9 Å². The fourth-order valence-electron chi connectivity index (χ4n) is 3.09. The molecule has 0 bridgehead atoms. The van der Waals surface area contributed by atoms with E-state index >= 15 is 0 Å². The number of benzene rings is 1. The van der Waals surface area contributed by atoms with Crippen LogP contribution in [0.3, 0.4) is 0 Å². The molecule has 0 spiro atoms. The molecule has 1 aromatic carbocycles. The zero-order valence-electron chi connectivity index (χ0n) is 14.4. The third kappa shape index (κ3) is 4.39. The van der Waals surface area contributed by atoms with Gasteiger partial charge in [-0.25, -0.2) is 0 Å². The van der Waals surface area contributed by atoms with E-state index in [9.17, 15) is 13.2 Å². The lowest BCUT2D eigenvalue weighted by atomic mass is 9.96. The lowest BCUT2D eigenvalue weighted by Crippen LogP contribution is -2.32. The molecule has 1 fully saturated rings. The third-order valence-electron chi connectivity index (χ3n) is 4.55. The molecule has 2 heterocycles. The molecule has 0 N–H and O–H groups in total. The van der Waals surface area contributed by atoms with Gasteiger partial charge in [0.15, 0.2) is 0 Å². The number of halogens is 3. The summed E-state index contributed by atoms with van der Waals surface area (Å²) < 4.78 is 44.1. The Kier molecular flexibility index (Phi) is 5.13. The first-order valence-electron chi connectivity index (χ1n) is 8.54. The van der Waals surface area contributed by atoms with Crippen LogP contribution in [0.4, 0.5) is 13.2 Å². The maximum absolute atomic E-state index is 12.8. The first kappa shape index (κ1) is 17.9. The maximum Gasteiger partial charge on any atom is 0.416 e. The molecule has 1 saturated heterocycles. The number of rotatable bonds is 4. The summed E-state index contributed by atoms with van der Waals surface area (Å²) in [6.07, 6.45) is -2.55. The summed E-state index contributed by atoms with van der Waals surface area (Å²) >= 11 is 0.